The monoisotopic (exact) mass is 315 g/mol. The van der Waals surface area contributed by atoms with E-state index >= 15 is 0 Å². The highest BCUT2D eigenvalue weighted by Crippen LogP contribution is 2.45. The van der Waals surface area contributed by atoms with Crippen LogP contribution in [-0.2, 0) is 22.1 Å². The van der Waals surface area contributed by atoms with Gasteiger partial charge in [-0.3, -0.25) is 4.55 Å². The molecule has 3 N–H and O–H groups in total. The number of benzene rings is 1. The Labute approximate surface area is 125 Å². The number of hydrogen-bond donors (Lipinski definition) is 3. The van der Waals surface area contributed by atoms with Crippen molar-refractivity contribution >= 4 is 10.3 Å². The van der Waals surface area contributed by atoms with Crippen LogP contribution >= 0.6 is 0 Å². The molecule has 118 valence electrons. The SMILES string of the molecule is Cc1c(CCNS(=O)(=O)O)cc2c(c1C)OC(O)C2(C)C. The fraction of sp³-hybridized carbons (Fsp3) is 0.571. The van der Waals surface area contributed by atoms with Crippen molar-refractivity contribution < 1.29 is 22.8 Å². The van der Waals surface area contributed by atoms with Crippen molar-refractivity contribution in [2.24, 2.45) is 0 Å². The van der Waals surface area contributed by atoms with Gasteiger partial charge >= 0.3 is 10.3 Å². The summed E-state index contributed by atoms with van der Waals surface area (Å²) in [7, 11) is -4.18. The lowest BCUT2D eigenvalue weighted by Crippen LogP contribution is -2.31. The molecule has 7 heteroatoms. The third-order valence-electron chi connectivity index (χ3n) is 4.17. The van der Waals surface area contributed by atoms with Gasteiger partial charge in [0, 0.05) is 12.1 Å². The second kappa shape index (κ2) is 5.24. The van der Waals surface area contributed by atoms with Crippen LogP contribution in [0.25, 0.3) is 0 Å². The lowest BCUT2D eigenvalue weighted by Gasteiger charge is -2.21. The standard InChI is InChI=1S/C14H21NO5S/c1-8-9(2)12-11(14(3,4)13(16)20-12)7-10(8)5-6-15-21(17,18)19/h7,13,15-16H,5-6H2,1-4H3,(H,17,18,19). The molecule has 0 radical (unpaired) electrons. The Morgan fingerprint density at radius 2 is 1.95 bits per heavy atom. The van der Waals surface area contributed by atoms with E-state index in [2.05, 4.69) is 4.72 Å². The van der Waals surface area contributed by atoms with E-state index in [-0.39, 0.29) is 6.54 Å². The summed E-state index contributed by atoms with van der Waals surface area (Å²) in [5.41, 5.74) is 3.31. The molecule has 0 amide bonds. The molecule has 0 fully saturated rings. The minimum atomic E-state index is -4.18. The average Bonchev–Trinajstić information content (AvgIpc) is 2.57. The average molecular weight is 315 g/mol. The molecular formula is C14H21NO5S. The van der Waals surface area contributed by atoms with E-state index < -0.39 is 22.0 Å². The van der Waals surface area contributed by atoms with E-state index in [0.717, 1.165) is 22.3 Å². The van der Waals surface area contributed by atoms with Gasteiger partial charge in [0.2, 0.25) is 6.29 Å². The summed E-state index contributed by atoms with van der Waals surface area (Å²) < 4.78 is 37.7. The predicted molar refractivity (Wildman–Crippen MR) is 78.8 cm³/mol. The first kappa shape index (κ1) is 16.2. The number of aliphatic hydroxyl groups is 1. The smallest absolute Gasteiger partial charge is 0.333 e. The van der Waals surface area contributed by atoms with Crippen LogP contribution in [0.3, 0.4) is 0 Å². The molecular weight excluding hydrogens is 294 g/mol. The Morgan fingerprint density at radius 1 is 1.33 bits per heavy atom. The topological polar surface area (TPSA) is 95.9 Å². The molecule has 1 heterocycles. The van der Waals surface area contributed by atoms with Crippen molar-refractivity contribution in [3.63, 3.8) is 0 Å². The Balaban J connectivity index is 2.33. The van der Waals surface area contributed by atoms with Gasteiger partial charge in [0.25, 0.3) is 0 Å². The highest BCUT2D eigenvalue weighted by molar-refractivity contribution is 7.83. The number of ether oxygens (including phenoxy) is 1. The summed E-state index contributed by atoms with van der Waals surface area (Å²) in [4.78, 5) is 0. The Morgan fingerprint density at radius 3 is 2.52 bits per heavy atom. The van der Waals surface area contributed by atoms with Crippen molar-refractivity contribution in [3.8, 4) is 5.75 Å². The lowest BCUT2D eigenvalue weighted by molar-refractivity contribution is -0.0453. The molecule has 1 aliphatic heterocycles. The first-order valence-corrected chi connectivity index (χ1v) is 8.18. The van der Waals surface area contributed by atoms with Crippen molar-refractivity contribution in [3.05, 3.63) is 28.3 Å². The largest absolute Gasteiger partial charge is 0.464 e. The van der Waals surface area contributed by atoms with E-state index in [0.29, 0.717) is 12.2 Å². The van der Waals surface area contributed by atoms with Gasteiger partial charge in [0.05, 0.1) is 5.41 Å². The number of hydrogen-bond acceptors (Lipinski definition) is 4. The molecule has 6 nitrogen and oxygen atoms in total. The van der Waals surface area contributed by atoms with Crippen LogP contribution in [0.1, 0.15) is 36.1 Å². The Bertz CT molecular complexity index is 666. The number of fused-ring (bicyclic) bond motifs is 1. The minimum Gasteiger partial charge on any atom is -0.464 e. The van der Waals surface area contributed by atoms with E-state index in [1.165, 1.54) is 0 Å². The van der Waals surface area contributed by atoms with Crippen LogP contribution in [0.5, 0.6) is 5.75 Å². The third kappa shape index (κ3) is 3.06. The molecule has 0 saturated carbocycles. The summed E-state index contributed by atoms with van der Waals surface area (Å²) in [6, 6.07) is 1.94. The highest BCUT2D eigenvalue weighted by Gasteiger charge is 2.42. The summed E-state index contributed by atoms with van der Waals surface area (Å²) in [5, 5.41) is 10.0. The van der Waals surface area contributed by atoms with E-state index in [1.807, 2.05) is 33.8 Å². The van der Waals surface area contributed by atoms with Gasteiger partial charge in [-0.1, -0.05) is 6.07 Å². The predicted octanol–water partition coefficient (Wildman–Crippen LogP) is 1.23. The van der Waals surface area contributed by atoms with Gasteiger partial charge in [-0.15, -0.1) is 0 Å². The van der Waals surface area contributed by atoms with Crippen molar-refractivity contribution in [1.82, 2.24) is 4.72 Å². The maximum absolute atomic E-state index is 10.7. The van der Waals surface area contributed by atoms with Crippen molar-refractivity contribution in [2.45, 2.75) is 45.8 Å². The molecule has 21 heavy (non-hydrogen) atoms. The van der Waals surface area contributed by atoms with Gasteiger partial charge in [0.15, 0.2) is 0 Å². The fourth-order valence-electron chi connectivity index (χ4n) is 2.56. The Kier molecular flexibility index (Phi) is 4.05. The molecule has 1 aromatic carbocycles. The molecule has 1 atom stereocenters. The number of aliphatic hydroxyl groups excluding tert-OH is 1. The van der Waals surface area contributed by atoms with Crippen molar-refractivity contribution in [2.75, 3.05) is 6.54 Å². The molecule has 1 aliphatic rings. The Hall–Kier alpha value is -1.15. The zero-order valence-corrected chi connectivity index (χ0v) is 13.4. The molecule has 0 aromatic heterocycles. The molecule has 0 spiro atoms. The van der Waals surface area contributed by atoms with Crippen LogP contribution in [0.15, 0.2) is 6.07 Å². The summed E-state index contributed by atoms with van der Waals surface area (Å²) in [6.07, 6.45) is -0.442. The number of rotatable bonds is 4. The summed E-state index contributed by atoms with van der Waals surface area (Å²) in [5.74, 6) is 0.705. The van der Waals surface area contributed by atoms with Gasteiger partial charge < -0.3 is 9.84 Å². The molecule has 1 unspecified atom stereocenters. The maximum Gasteiger partial charge on any atom is 0.333 e. The summed E-state index contributed by atoms with van der Waals surface area (Å²) >= 11 is 0. The van der Waals surface area contributed by atoms with E-state index in [4.69, 9.17) is 9.29 Å². The molecule has 0 aliphatic carbocycles. The molecule has 2 rings (SSSR count). The second-order valence-corrected chi connectivity index (χ2v) is 7.21. The van der Waals surface area contributed by atoms with Gasteiger partial charge in [0.1, 0.15) is 5.75 Å². The zero-order valence-electron chi connectivity index (χ0n) is 12.6. The van der Waals surface area contributed by atoms with Crippen LogP contribution in [-0.4, -0.2) is 30.9 Å². The summed E-state index contributed by atoms with van der Waals surface area (Å²) in [6.45, 7) is 7.76. The van der Waals surface area contributed by atoms with Gasteiger partial charge in [-0.25, -0.2) is 0 Å². The van der Waals surface area contributed by atoms with Crippen molar-refractivity contribution in [1.29, 1.82) is 0 Å². The van der Waals surface area contributed by atoms with Gasteiger partial charge in [-0.2, -0.15) is 13.1 Å². The second-order valence-electron chi connectivity index (χ2n) is 5.97. The lowest BCUT2D eigenvalue weighted by atomic mass is 9.82. The van der Waals surface area contributed by atoms with Gasteiger partial charge in [-0.05, 0) is 50.8 Å². The van der Waals surface area contributed by atoms with E-state index in [1.54, 1.807) is 0 Å². The van der Waals surface area contributed by atoms with Crippen LogP contribution in [0.4, 0.5) is 0 Å². The molecule has 1 aromatic rings. The van der Waals surface area contributed by atoms with Crippen LogP contribution in [0.2, 0.25) is 0 Å². The maximum atomic E-state index is 10.7. The number of nitrogens with one attached hydrogen (secondary N) is 1. The first-order valence-electron chi connectivity index (χ1n) is 6.74. The highest BCUT2D eigenvalue weighted by atomic mass is 32.2. The first-order chi connectivity index (χ1) is 9.54. The third-order valence-corrected chi connectivity index (χ3v) is 4.74. The molecule has 0 saturated heterocycles. The van der Waals surface area contributed by atoms with Crippen LogP contribution in [0, 0.1) is 13.8 Å². The molecule has 0 bridgehead atoms. The minimum absolute atomic E-state index is 0.113. The fourth-order valence-corrected chi connectivity index (χ4v) is 2.92. The van der Waals surface area contributed by atoms with E-state index in [9.17, 15) is 13.5 Å². The normalized spacial score (nSPS) is 20.2. The zero-order chi connectivity index (χ0) is 16.0. The quantitative estimate of drug-likeness (QED) is 0.726. The van der Waals surface area contributed by atoms with Crippen LogP contribution < -0.4 is 9.46 Å².